The molecule has 0 aromatic carbocycles. The minimum Gasteiger partial charge on any atom is -0.462 e. The summed E-state index contributed by atoms with van der Waals surface area (Å²) in [6.45, 7) is 5.17. The fraction of sp³-hybridized carbons (Fsp3) is 0.350. The lowest BCUT2D eigenvalue weighted by molar-refractivity contribution is -0.145. The summed E-state index contributed by atoms with van der Waals surface area (Å²) >= 11 is 1.39. The number of hydrogen-bond donors (Lipinski definition) is 1. The normalized spacial score (nSPS) is 10.9. The minimum absolute atomic E-state index is 0.0224. The number of nitrogens with two attached hydrogens (primary N) is 1. The number of rotatable bonds is 8. The van der Waals surface area contributed by atoms with E-state index < -0.39 is 11.9 Å². The number of anilines is 1. The third-order valence-corrected chi connectivity index (χ3v) is 5.26. The first kappa shape index (κ1) is 21.4. The van der Waals surface area contributed by atoms with Gasteiger partial charge >= 0.3 is 11.9 Å². The van der Waals surface area contributed by atoms with Crippen molar-refractivity contribution in [1.82, 2.24) is 9.97 Å². The molecule has 0 amide bonds. The first-order valence-electron chi connectivity index (χ1n) is 9.28. The zero-order chi connectivity index (χ0) is 21.8. The third-order valence-electron chi connectivity index (χ3n) is 4.22. The Bertz CT molecular complexity index is 1120. The van der Waals surface area contributed by atoms with E-state index in [0.29, 0.717) is 10.6 Å². The van der Waals surface area contributed by atoms with Gasteiger partial charge in [-0.1, -0.05) is 0 Å². The highest BCUT2D eigenvalue weighted by Crippen LogP contribution is 2.29. The van der Waals surface area contributed by atoms with E-state index in [4.69, 9.17) is 19.6 Å². The van der Waals surface area contributed by atoms with Crippen LogP contribution in [0.3, 0.4) is 0 Å². The monoisotopic (exact) mass is 431 g/mol. The largest absolute Gasteiger partial charge is 0.462 e. The molecule has 0 bridgehead atoms. The van der Waals surface area contributed by atoms with Crippen molar-refractivity contribution in [3.05, 3.63) is 39.0 Å². The van der Waals surface area contributed by atoms with Crippen molar-refractivity contribution in [2.75, 3.05) is 12.3 Å². The van der Waals surface area contributed by atoms with E-state index in [0.717, 1.165) is 4.88 Å². The molecule has 3 rings (SSSR count). The van der Waals surface area contributed by atoms with E-state index in [1.165, 1.54) is 11.3 Å². The number of esters is 2. The highest BCUT2D eigenvalue weighted by molar-refractivity contribution is 7.14. The number of aromatic nitrogens is 2. The molecule has 0 radical (unpaired) electrons. The summed E-state index contributed by atoms with van der Waals surface area (Å²) in [7, 11) is 0. The Hall–Kier alpha value is -3.27. The number of Topliss-reactive ketones (excluding diaryl/α,β-unsaturated/α-hetero) is 1. The second-order valence-corrected chi connectivity index (χ2v) is 7.74. The molecule has 3 aromatic heterocycles. The van der Waals surface area contributed by atoms with Crippen LogP contribution in [-0.2, 0) is 20.9 Å². The van der Waals surface area contributed by atoms with Gasteiger partial charge in [0.1, 0.15) is 17.1 Å². The van der Waals surface area contributed by atoms with Crippen molar-refractivity contribution < 1.29 is 28.3 Å². The molecular formula is C20H21N3O6S. The second kappa shape index (κ2) is 9.04. The number of thiophene rings is 1. The number of fused-ring (bicyclic) bond motifs is 1. The van der Waals surface area contributed by atoms with E-state index in [9.17, 15) is 14.4 Å². The van der Waals surface area contributed by atoms with Crippen LogP contribution in [0.4, 0.5) is 5.82 Å². The van der Waals surface area contributed by atoms with Crippen LogP contribution in [0, 0.1) is 13.8 Å². The predicted octanol–water partition coefficient (Wildman–Crippen LogP) is 3.37. The second-order valence-electron chi connectivity index (χ2n) is 6.45. The van der Waals surface area contributed by atoms with Crippen LogP contribution >= 0.6 is 11.3 Å². The van der Waals surface area contributed by atoms with Gasteiger partial charge in [-0.15, -0.1) is 11.3 Å². The zero-order valence-electron chi connectivity index (χ0n) is 16.8. The maximum absolute atomic E-state index is 12.1. The molecule has 0 aliphatic rings. The van der Waals surface area contributed by atoms with Crippen molar-refractivity contribution in [2.45, 2.75) is 40.2 Å². The van der Waals surface area contributed by atoms with E-state index in [2.05, 4.69) is 9.97 Å². The Kier molecular flexibility index (Phi) is 6.46. The number of nitrogen functional groups attached to an aromatic ring is 1. The quantitative estimate of drug-likeness (QED) is 0.420. The number of nitrogens with zero attached hydrogens (tertiary/aromatic N) is 2. The van der Waals surface area contributed by atoms with Gasteiger partial charge in [-0.25, -0.2) is 9.78 Å². The van der Waals surface area contributed by atoms with Crippen LogP contribution in [0.1, 0.15) is 56.3 Å². The van der Waals surface area contributed by atoms with Gasteiger partial charge < -0.3 is 19.6 Å². The fourth-order valence-electron chi connectivity index (χ4n) is 2.84. The molecule has 9 nitrogen and oxygen atoms in total. The van der Waals surface area contributed by atoms with Crippen LogP contribution in [-0.4, -0.2) is 34.3 Å². The van der Waals surface area contributed by atoms with Crippen molar-refractivity contribution in [1.29, 1.82) is 0 Å². The fourth-order valence-corrected chi connectivity index (χ4v) is 3.67. The van der Waals surface area contributed by atoms with Crippen LogP contribution in [0.15, 0.2) is 16.5 Å². The summed E-state index contributed by atoms with van der Waals surface area (Å²) < 4.78 is 15.7. The number of ketones is 1. The summed E-state index contributed by atoms with van der Waals surface area (Å²) in [5.41, 5.74) is 6.26. The molecule has 0 spiro atoms. The van der Waals surface area contributed by atoms with Gasteiger partial charge in [0, 0.05) is 11.3 Å². The molecule has 0 fully saturated rings. The van der Waals surface area contributed by atoms with Gasteiger partial charge in [-0.3, -0.25) is 9.59 Å². The minimum atomic E-state index is -0.575. The van der Waals surface area contributed by atoms with Crippen LogP contribution in [0.25, 0.3) is 11.1 Å². The van der Waals surface area contributed by atoms with E-state index >= 15 is 0 Å². The number of carbonyl (C=O) groups is 3. The molecule has 0 aliphatic heterocycles. The highest BCUT2D eigenvalue weighted by Gasteiger charge is 2.24. The van der Waals surface area contributed by atoms with E-state index in [1.54, 1.807) is 19.9 Å². The standard InChI is InChI=1S/C20H21N3O6S/c1-4-27-20(26)16-11(3)29-19-17(16)18(21)22-14(23-19)9-28-15(25)8-6-12(24)13-7-5-10(2)30-13/h5,7H,4,6,8-9H2,1-3H3,(H2,21,22,23). The first-order chi connectivity index (χ1) is 14.3. The molecule has 2 N–H and O–H groups in total. The summed E-state index contributed by atoms with van der Waals surface area (Å²) in [5, 5.41) is 0.262. The van der Waals surface area contributed by atoms with Gasteiger partial charge in [0.2, 0.25) is 5.71 Å². The van der Waals surface area contributed by atoms with Crippen molar-refractivity contribution in [2.24, 2.45) is 0 Å². The van der Waals surface area contributed by atoms with E-state index in [-0.39, 0.29) is 60.1 Å². The van der Waals surface area contributed by atoms with Gasteiger partial charge in [0.05, 0.1) is 23.3 Å². The Morgan fingerprint density at radius 1 is 1.13 bits per heavy atom. The summed E-state index contributed by atoms with van der Waals surface area (Å²) in [5.74, 6) is -0.784. The molecule has 3 heterocycles. The highest BCUT2D eigenvalue weighted by atomic mass is 32.1. The maximum Gasteiger partial charge on any atom is 0.342 e. The molecule has 3 aromatic rings. The number of ether oxygens (including phenoxy) is 2. The number of aryl methyl sites for hydroxylation is 2. The molecule has 0 unspecified atom stereocenters. The Balaban J connectivity index is 1.64. The summed E-state index contributed by atoms with van der Waals surface area (Å²) in [6.07, 6.45) is 0.00146. The van der Waals surface area contributed by atoms with Crippen LogP contribution < -0.4 is 5.73 Å². The SMILES string of the molecule is CCOC(=O)c1c(C)oc2nc(COC(=O)CCC(=O)c3ccc(C)s3)nc(N)c12. The molecule has 0 aliphatic carbocycles. The zero-order valence-corrected chi connectivity index (χ0v) is 17.6. The number of carbonyl (C=O) groups excluding carboxylic acids is 3. The Morgan fingerprint density at radius 2 is 1.90 bits per heavy atom. The first-order valence-corrected chi connectivity index (χ1v) is 10.1. The van der Waals surface area contributed by atoms with Crippen LogP contribution in [0.2, 0.25) is 0 Å². The van der Waals surface area contributed by atoms with Gasteiger partial charge in [-0.05, 0) is 32.9 Å². The van der Waals surface area contributed by atoms with Crippen molar-refractivity contribution >= 4 is 46.0 Å². The van der Waals surface area contributed by atoms with Crippen molar-refractivity contribution in [3.8, 4) is 0 Å². The smallest absolute Gasteiger partial charge is 0.342 e. The lowest BCUT2D eigenvalue weighted by atomic mass is 10.2. The van der Waals surface area contributed by atoms with Gasteiger partial charge in [-0.2, -0.15) is 4.98 Å². The summed E-state index contributed by atoms with van der Waals surface area (Å²) in [6, 6.07) is 3.60. The molecule has 158 valence electrons. The lowest BCUT2D eigenvalue weighted by Crippen LogP contribution is -2.10. The number of furan rings is 1. The molecular weight excluding hydrogens is 410 g/mol. The molecule has 0 saturated heterocycles. The van der Waals surface area contributed by atoms with Crippen molar-refractivity contribution in [3.63, 3.8) is 0 Å². The Labute approximate surface area is 176 Å². The Morgan fingerprint density at radius 3 is 2.57 bits per heavy atom. The van der Waals surface area contributed by atoms with E-state index in [1.807, 2.05) is 13.0 Å². The van der Waals surface area contributed by atoms with Gasteiger partial charge in [0.15, 0.2) is 18.2 Å². The molecule has 30 heavy (non-hydrogen) atoms. The lowest BCUT2D eigenvalue weighted by Gasteiger charge is -2.05. The molecule has 0 atom stereocenters. The maximum atomic E-state index is 12.1. The predicted molar refractivity (Wildman–Crippen MR) is 109 cm³/mol. The molecule has 10 heteroatoms. The van der Waals surface area contributed by atoms with Crippen LogP contribution in [0.5, 0.6) is 0 Å². The summed E-state index contributed by atoms with van der Waals surface area (Å²) in [4.78, 5) is 46.1. The number of hydrogen-bond acceptors (Lipinski definition) is 10. The average Bonchev–Trinajstić information content (AvgIpc) is 3.27. The third kappa shape index (κ3) is 4.65. The topological polar surface area (TPSA) is 135 Å². The van der Waals surface area contributed by atoms with Gasteiger partial charge in [0.25, 0.3) is 0 Å². The average molecular weight is 431 g/mol. The molecule has 0 saturated carbocycles.